The fourth-order valence-corrected chi connectivity index (χ4v) is 1.52. The van der Waals surface area contributed by atoms with Gasteiger partial charge in [-0.05, 0) is 17.7 Å². The first-order chi connectivity index (χ1) is 7.59. The van der Waals surface area contributed by atoms with Crippen LogP contribution in [0.3, 0.4) is 0 Å². The van der Waals surface area contributed by atoms with Crippen molar-refractivity contribution in [1.29, 1.82) is 0 Å². The number of carboxylic acids is 1. The summed E-state index contributed by atoms with van der Waals surface area (Å²) in [5.41, 5.74) is 6.05. The van der Waals surface area contributed by atoms with Crippen LogP contribution in [0, 0.1) is 5.82 Å². The van der Waals surface area contributed by atoms with Crippen molar-refractivity contribution < 1.29 is 23.8 Å². The quantitative estimate of drug-likeness (QED) is 0.780. The van der Waals surface area contributed by atoms with Crippen molar-refractivity contribution in [3.05, 3.63) is 29.1 Å². The van der Waals surface area contributed by atoms with Crippen LogP contribution in [0.5, 0.6) is 5.75 Å². The standard InChI is InChI=1S/C10H10FNO4/c11-7-2-5(8(12)10(13)14)1-6-3-15-4-16-9(6)7/h1-2,8H,3-4,12H2,(H,13,14). The maximum absolute atomic E-state index is 13.5. The van der Waals surface area contributed by atoms with Crippen molar-refractivity contribution >= 4 is 5.97 Å². The zero-order valence-electron chi connectivity index (χ0n) is 8.27. The van der Waals surface area contributed by atoms with Gasteiger partial charge in [-0.25, -0.2) is 4.39 Å². The Labute approximate surface area is 90.6 Å². The van der Waals surface area contributed by atoms with Crippen LogP contribution in [-0.4, -0.2) is 17.9 Å². The number of ether oxygens (including phenoxy) is 2. The monoisotopic (exact) mass is 227 g/mol. The Morgan fingerprint density at radius 3 is 3.00 bits per heavy atom. The smallest absolute Gasteiger partial charge is 0.325 e. The molecule has 1 heterocycles. The summed E-state index contributed by atoms with van der Waals surface area (Å²) in [7, 11) is 0. The molecule has 0 saturated heterocycles. The summed E-state index contributed by atoms with van der Waals surface area (Å²) >= 11 is 0. The van der Waals surface area contributed by atoms with Crippen molar-refractivity contribution in [1.82, 2.24) is 0 Å². The van der Waals surface area contributed by atoms with Gasteiger partial charge < -0.3 is 20.3 Å². The molecule has 3 N–H and O–H groups in total. The lowest BCUT2D eigenvalue weighted by Crippen LogP contribution is -2.22. The van der Waals surface area contributed by atoms with Crippen molar-refractivity contribution in [2.45, 2.75) is 12.6 Å². The molecule has 0 fully saturated rings. The van der Waals surface area contributed by atoms with Gasteiger partial charge in [0.1, 0.15) is 6.04 Å². The molecule has 1 aliphatic rings. The summed E-state index contributed by atoms with van der Waals surface area (Å²) in [6, 6.07) is 1.31. The summed E-state index contributed by atoms with van der Waals surface area (Å²) in [4.78, 5) is 10.7. The van der Waals surface area contributed by atoms with Gasteiger partial charge in [0.15, 0.2) is 18.4 Å². The summed E-state index contributed by atoms with van der Waals surface area (Å²) in [6.45, 7) is 0.181. The highest BCUT2D eigenvalue weighted by Gasteiger charge is 2.21. The molecule has 1 atom stereocenters. The van der Waals surface area contributed by atoms with Gasteiger partial charge in [0.25, 0.3) is 0 Å². The predicted molar refractivity (Wildman–Crippen MR) is 51.2 cm³/mol. The van der Waals surface area contributed by atoms with Gasteiger partial charge >= 0.3 is 5.97 Å². The lowest BCUT2D eigenvalue weighted by Gasteiger charge is -2.19. The van der Waals surface area contributed by atoms with Gasteiger partial charge in [-0.3, -0.25) is 4.79 Å². The van der Waals surface area contributed by atoms with E-state index >= 15 is 0 Å². The lowest BCUT2D eigenvalue weighted by molar-refractivity contribution is -0.138. The van der Waals surface area contributed by atoms with Gasteiger partial charge in [-0.15, -0.1) is 0 Å². The zero-order chi connectivity index (χ0) is 11.7. The number of hydrogen-bond acceptors (Lipinski definition) is 4. The van der Waals surface area contributed by atoms with Crippen molar-refractivity contribution in [3.8, 4) is 5.75 Å². The molecule has 0 bridgehead atoms. The van der Waals surface area contributed by atoms with Gasteiger partial charge in [0.05, 0.1) is 6.61 Å². The third kappa shape index (κ3) is 1.84. The fourth-order valence-electron chi connectivity index (χ4n) is 1.52. The molecule has 1 aliphatic heterocycles. The second kappa shape index (κ2) is 4.07. The lowest BCUT2D eigenvalue weighted by atomic mass is 10.0. The topological polar surface area (TPSA) is 81.8 Å². The Balaban J connectivity index is 2.42. The number of nitrogens with two attached hydrogens (primary N) is 1. The molecule has 1 unspecified atom stereocenters. The normalized spacial score (nSPS) is 16.1. The van der Waals surface area contributed by atoms with E-state index in [0.29, 0.717) is 5.56 Å². The Kier molecular flexibility index (Phi) is 2.76. The number of fused-ring (bicyclic) bond motifs is 1. The maximum atomic E-state index is 13.5. The minimum absolute atomic E-state index is 0.00570. The molecule has 1 aromatic carbocycles. The number of hydrogen-bond donors (Lipinski definition) is 2. The van der Waals surface area contributed by atoms with Gasteiger partial charge in [0, 0.05) is 5.56 Å². The third-order valence-corrected chi connectivity index (χ3v) is 2.31. The van der Waals surface area contributed by atoms with Crippen molar-refractivity contribution in [2.75, 3.05) is 6.79 Å². The molecule has 0 saturated carbocycles. The molecular weight excluding hydrogens is 217 g/mol. The SMILES string of the molecule is NC(C(=O)O)c1cc(F)c2c(c1)COCO2. The van der Waals surface area contributed by atoms with Gasteiger partial charge in [-0.2, -0.15) is 0 Å². The van der Waals surface area contributed by atoms with Crippen LogP contribution in [0.1, 0.15) is 17.2 Å². The number of aliphatic carboxylic acids is 1. The Hall–Kier alpha value is -1.66. The predicted octanol–water partition coefficient (Wildman–Crippen LogP) is 0.777. The molecule has 0 aliphatic carbocycles. The molecule has 5 nitrogen and oxygen atoms in total. The third-order valence-electron chi connectivity index (χ3n) is 2.31. The average molecular weight is 227 g/mol. The van der Waals surface area contributed by atoms with Gasteiger partial charge in [0.2, 0.25) is 0 Å². The number of benzene rings is 1. The highest BCUT2D eigenvalue weighted by Crippen LogP contribution is 2.30. The molecule has 0 radical (unpaired) electrons. The molecule has 86 valence electrons. The Morgan fingerprint density at radius 1 is 1.56 bits per heavy atom. The minimum Gasteiger partial charge on any atom is -0.480 e. The van der Waals surface area contributed by atoms with Crippen LogP contribution in [0.2, 0.25) is 0 Å². The molecule has 1 aromatic rings. The Bertz CT molecular complexity index is 435. The van der Waals surface area contributed by atoms with Crippen LogP contribution >= 0.6 is 0 Å². The minimum atomic E-state index is -1.25. The number of halogens is 1. The van der Waals surface area contributed by atoms with E-state index in [1.165, 1.54) is 6.07 Å². The molecular formula is C10H10FNO4. The second-order valence-electron chi connectivity index (χ2n) is 3.42. The maximum Gasteiger partial charge on any atom is 0.325 e. The average Bonchev–Trinajstić information content (AvgIpc) is 2.28. The van der Waals surface area contributed by atoms with Crippen LogP contribution in [-0.2, 0) is 16.1 Å². The number of carbonyl (C=O) groups is 1. The van der Waals surface area contributed by atoms with E-state index in [4.69, 9.17) is 20.3 Å². The van der Waals surface area contributed by atoms with Crippen molar-refractivity contribution in [3.63, 3.8) is 0 Å². The van der Waals surface area contributed by atoms with E-state index in [9.17, 15) is 9.18 Å². The Morgan fingerprint density at radius 2 is 2.31 bits per heavy atom. The largest absolute Gasteiger partial charge is 0.480 e. The van der Waals surface area contributed by atoms with E-state index in [1.807, 2.05) is 0 Å². The number of rotatable bonds is 2. The number of carboxylic acid groups (broad SMARTS) is 1. The zero-order valence-corrected chi connectivity index (χ0v) is 8.27. The van der Waals surface area contributed by atoms with Crippen LogP contribution in [0.15, 0.2) is 12.1 Å². The first-order valence-corrected chi connectivity index (χ1v) is 4.61. The summed E-state index contributed by atoms with van der Waals surface area (Å²) in [6.07, 6.45) is 0. The van der Waals surface area contributed by atoms with E-state index < -0.39 is 17.8 Å². The van der Waals surface area contributed by atoms with E-state index in [-0.39, 0.29) is 24.7 Å². The van der Waals surface area contributed by atoms with E-state index in [2.05, 4.69) is 0 Å². The van der Waals surface area contributed by atoms with E-state index in [1.54, 1.807) is 0 Å². The first kappa shape index (κ1) is 10.8. The molecule has 0 aromatic heterocycles. The molecule has 6 heteroatoms. The van der Waals surface area contributed by atoms with Crippen LogP contribution in [0.4, 0.5) is 4.39 Å². The summed E-state index contributed by atoms with van der Waals surface area (Å²) in [5.74, 6) is -1.72. The molecule has 0 spiro atoms. The fraction of sp³-hybridized carbons (Fsp3) is 0.300. The molecule has 0 amide bonds. The molecule has 2 rings (SSSR count). The molecule has 16 heavy (non-hydrogen) atoms. The highest BCUT2D eigenvalue weighted by atomic mass is 19.1. The van der Waals surface area contributed by atoms with Crippen molar-refractivity contribution in [2.24, 2.45) is 5.73 Å². The van der Waals surface area contributed by atoms with Gasteiger partial charge in [-0.1, -0.05) is 0 Å². The summed E-state index contributed by atoms with van der Waals surface area (Å²) in [5, 5.41) is 8.72. The van der Waals surface area contributed by atoms with Crippen LogP contribution in [0.25, 0.3) is 0 Å². The van der Waals surface area contributed by atoms with E-state index in [0.717, 1.165) is 6.07 Å². The highest BCUT2D eigenvalue weighted by molar-refractivity contribution is 5.75. The first-order valence-electron chi connectivity index (χ1n) is 4.61. The summed E-state index contributed by atoms with van der Waals surface area (Å²) < 4.78 is 23.5. The van der Waals surface area contributed by atoms with Crippen LogP contribution < -0.4 is 10.5 Å². The second-order valence-corrected chi connectivity index (χ2v) is 3.42.